The standard InChI is InChI=1S/C47H28N4S/c1-2-12-29(13-3-1)45-48-46(33-22-23-38-37-19-9-11-21-43(37)52-44(38)27-33)50-47(49-45)40-28-34(24-32-16-6-7-17-35(32)40)51-41-20-10-8-18-36(41)39-25-30-14-4-5-15-31(30)26-42(39)51/h1-28H. The molecule has 0 aliphatic carbocycles. The van der Waals surface area contributed by atoms with Crippen molar-refractivity contribution in [3.05, 3.63) is 170 Å². The molecule has 0 N–H and O–H groups in total. The molecule has 0 aliphatic rings. The fourth-order valence-corrected chi connectivity index (χ4v) is 8.89. The lowest BCUT2D eigenvalue weighted by molar-refractivity contribution is 1.07. The van der Waals surface area contributed by atoms with E-state index in [1.54, 1.807) is 11.3 Å². The van der Waals surface area contributed by atoms with Gasteiger partial charge in [-0.15, -0.1) is 11.3 Å². The monoisotopic (exact) mass is 680 g/mol. The average molecular weight is 681 g/mol. The van der Waals surface area contributed by atoms with E-state index < -0.39 is 0 Å². The lowest BCUT2D eigenvalue weighted by Gasteiger charge is -2.14. The second kappa shape index (κ2) is 11.4. The Morgan fingerprint density at radius 2 is 1.00 bits per heavy atom. The average Bonchev–Trinajstić information content (AvgIpc) is 3.74. The Bertz CT molecular complexity index is 3190. The number of thiophene rings is 1. The fourth-order valence-electron chi connectivity index (χ4n) is 7.75. The number of hydrogen-bond acceptors (Lipinski definition) is 4. The molecule has 0 atom stereocenters. The van der Waals surface area contributed by atoms with Crippen LogP contribution in [-0.2, 0) is 0 Å². The first kappa shape index (κ1) is 29.1. The Hall–Kier alpha value is -6.69. The molecule has 52 heavy (non-hydrogen) atoms. The predicted molar refractivity (Wildman–Crippen MR) is 218 cm³/mol. The summed E-state index contributed by atoms with van der Waals surface area (Å²) in [6.45, 7) is 0. The Labute approximate surface area is 302 Å². The molecule has 4 nitrogen and oxygen atoms in total. The number of hydrogen-bond donors (Lipinski definition) is 0. The number of fused-ring (bicyclic) bond motifs is 8. The van der Waals surface area contributed by atoms with Crippen molar-refractivity contribution in [1.29, 1.82) is 0 Å². The largest absolute Gasteiger partial charge is 0.309 e. The van der Waals surface area contributed by atoms with Gasteiger partial charge in [0.15, 0.2) is 17.5 Å². The minimum atomic E-state index is 0.643. The third-order valence-electron chi connectivity index (χ3n) is 10.2. The number of aromatic nitrogens is 4. The van der Waals surface area contributed by atoms with E-state index in [1.165, 1.54) is 47.2 Å². The molecule has 0 aliphatic heterocycles. The van der Waals surface area contributed by atoms with Crippen molar-refractivity contribution in [2.24, 2.45) is 0 Å². The summed E-state index contributed by atoms with van der Waals surface area (Å²) >= 11 is 1.80. The van der Waals surface area contributed by atoms with Crippen molar-refractivity contribution in [3.8, 4) is 39.9 Å². The first-order chi connectivity index (χ1) is 25.7. The van der Waals surface area contributed by atoms with E-state index in [9.17, 15) is 0 Å². The third-order valence-corrected chi connectivity index (χ3v) is 11.3. The van der Waals surface area contributed by atoms with Gasteiger partial charge in [0.2, 0.25) is 0 Å². The summed E-state index contributed by atoms with van der Waals surface area (Å²) in [6.07, 6.45) is 0. The predicted octanol–water partition coefficient (Wildman–Crippen LogP) is 12.6. The maximum Gasteiger partial charge on any atom is 0.164 e. The molecule has 0 radical (unpaired) electrons. The van der Waals surface area contributed by atoms with Gasteiger partial charge in [-0.1, -0.05) is 127 Å². The maximum atomic E-state index is 5.27. The van der Waals surface area contributed by atoms with Crippen LogP contribution in [-0.4, -0.2) is 19.5 Å². The van der Waals surface area contributed by atoms with Gasteiger partial charge in [0.05, 0.1) is 11.0 Å². The van der Waals surface area contributed by atoms with E-state index in [1.807, 2.05) is 18.2 Å². The minimum Gasteiger partial charge on any atom is -0.309 e. The Kier molecular flexibility index (Phi) is 6.39. The zero-order valence-electron chi connectivity index (χ0n) is 27.9. The van der Waals surface area contributed by atoms with E-state index in [4.69, 9.17) is 15.0 Å². The fraction of sp³-hybridized carbons (Fsp3) is 0. The first-order valence-corrected chi connectivity index (χ1v) is 18.3. The van der Waals surface area contributed by atoms with Crippen LogP contribution in [0.4, 0.5) is 0 Å². The molecule has 3 heterocycles. The van der Waals surface area contributed by atoms with Crippen LogP contribution in [0.25, 0.3) is 103 Å². The van der Waals surface area contributed by atoms with Gasteiger partial charge in [-0.25, -0.2) is 15.0 Å². The van der Waals surface area contributed by atoms with Crippen molar-refractivity contribution < 1.29 is 0 Å². The van der Waals surface area contributed by atoms with Crippen LogP contribution < -0.4 is 0 Å². The minimum absolute atomic E-state index is 0.643. The summed E-state index contributed by atoms with van der Waals surface area (Å²) in [7, 11) is 0. The Balaban J connectivity index is 1.18. The molecule has 0 spiro atoms. The highest BCUT2D eigenvalue weighted by atomic mass is 32.1. The second-order valence-corrected chi connectivity index (χ2v) is 14.3. The van der Waals surface area contributed by atoms with Gasteiger partial charge in [0.1, 0.15) is 0 Å². The summed E-state index contributed by atoms with van der Waals surface area (Å²) in [5, 5.41) is 9.64. The maximum absolute atomic E-state index is 5.27. The summed E-state index contributed by atoms with van der Waals surface area (Å²) in [5.74, 6) is 1.94. The van der Waals surface area contributed by atoms with Crippen LogP contribution in [0, 0.1) is 0 Å². The summed E-state index contributed by atoms with van der Waals surface area (Å²) < 4.78 is 4.88. The molecule has 0 fully saturated rings. The third kappa shape index (κ3) is 4.57. The van der Waals surface area contributed by atoms with Crippen LogP contribution in [0.2, 0.25) is 0 Å². The van der Waals surface area contributed by atoms with Gasteiger partial charge in [-0.3, -0.25) is 0 Å². The number of benzene rings is 8. The molecule has 0 amide bonds. The van der Waals surface area contributed by atoms with E-state index in [-0.39, 0.29) is 0 Å². The molecule has 8 aromatic carbocycles. The molecule has 0 saturated carbocycles. The number of nitrogens with zero attached hydrogens (tertiary/aromatic N) is 4. The van der Waals surface area contributed by atoms with Crippen molar-refractivity contribution >= 4 is 74.9 Å². The molecular weight excluding hydrogens is 653 g/mol. The van der Waals surface area contributed by atoms with Gasteiger partial charge < -0.3 is 4.57 Å². The van der Waals surface area contributed by atoms with Crippen LogP contribution in [0.5, 0.6) is 0 Å². The SMILES string of the molecule is c1ccc(-c2nc(-c3ccc4c(c3)sc3ccccc34)nc(-c3cc(-n4c5ccccc5c5cc6ccccc6cc54)cc4ccccc34)n2)cc1. The molecule has 0 bridgehead atoms. The van der Waals surface area contributed by atoms with E-state index in [0.29, 0.717) is 17.5 Å². The summed E-state index contributed by atoms with van der Waals surface area (Å²) in [4.78, 5) is 15.6. The normalized spacial score (nSPS) is 11.8. The van der Waals surface area contributed by atoms with Crippen molar-refractivity contribution in [2.45, 2.75) is 0 Å². The smallest absolute Gasteiger partial charge is 0.164 e. The van der Waals surface area contributed by atoms with E-state index >= 15 is 0 Å². The van der Waals surface area contributed by atoms with Gasteiger partial charge in [-0.05, 0) is 64.0 Å². The molecule has 242 valence electrons. The lowest BCUT2D eigenvalue weighted by atomic mass is 10.0. The highest BCUT2D eigenvalue weighted by Crippen LogP contribution is 2.39. The molecule has 11 aromatic rings. The van der Waals surface area contributed by atoms with E-state index in [0.717, 1.165) is 38.7 Å². The van der Waals surface area contributed by atoms with Crippen molar-refractivity contribution in [1.82, 2.24) is 19.5 Å². The zero-order chi connectivity index (χ0) is 34.2. The van der Waals surface area contributed by atoms with Gasteiger partial charge in [0.25, 0.3) is 0 Å². The Morgan fingerprint density at radius 3 is 1.85 bits per heavy atom. The van der Waals surface area contributed by atoms with Gasteiger partial charge >= 0.3 is 0 Å². The van der Waals surface area contributed by atoms with Crippen LogP contribution in [0.15, 0.2) is 170 Å². The lowest BCUT2D eigenvalue weighted by Crippen LogP contribution is -2.02. The molecule has 5 heteroatoms. The van der Waals surface area contributed by atoms with Gasteiger partial charge in [0, 0.05) is 53.3 Å². The molecule has 0 saturated heterocycles. The van der Waals surface area contributed by atoms with Gasteiger partial charge in [-0.2, -0.15) is 0 Å². The number of rotatable bonds is 4. The Morgan fingerprint density at radius 1 is 0.365 bits per heavy atom. The number of para-hydroxylation sites is 1. The van der Waals surface area contributed by atoms with Crippen LogP contribution in [0.1, 0.15) is 0 Å². The van der Waals surface area contributed by atoms with Crippen molar-refractivity contribution in [3.63, 3.8) is 0 Å². The molecule has 11 rings (SSSR count). The molecule has 3 aromatic heterocycles. The second-order valence-electron chi connectivity index (χ2n) is 13.3. The van der Waals surface area contributed by atoms with E-state index in [2.05, 4.69) is 156 Å². The summed E-state index contributed by atoms with van der Waals surface area (Å²) in [5.41, 5.74) is 6.26. The van der Waals surface area contributed by atoms with Crippen LogP contribution in [0.3, 0.4) is 0 Å². The summed E-state index contributed by atoms with van der Waals surface area (Å²) in [6, 6.07) is 60.4. The quantitative estimate of drug-likeness (QED) is 0.186. The molecule has 0 unspecified atom stereocenters. The molecular formula is C47H28N4S. The topological polar surface area (TPSA) is 43.6 Å². The van der Waals surface area contributed by atoms with Crippen LogP contribution >= 0.6 is 11.3 Å². The first-order valence-electron chi connectivity index (χ1n) is 17.4. The highest BCUT2D eigenvalue weighted by molar-refractivity contribution is 7.25. The highest BCUT2D eigenvalue weighted by Gasteiger charge is 2.19. The zero-order valence-corrected chi connectivity index (χ0v) is 28.7. The van der Waals surface area contributed by atoms with Crippen molar-refractivity contribution in [2.75, 3.05) is 0 Å².